The summed E-state index contributed by atoms with van der Waals surface area (Å²) in [4.78, 5) is 15.9. The quantitative estimate of drug-likeness (QED) is 0.821. The van der Waals surface area contributed by atoms with Crippen LogP contribution in [0.1, 0.15) is 43.2 Å². The van der Waals surface area contributed by atoms with Gasteiger partial charge in [0.2, 0.25) is 0 Å². The van der Waals surface area contributed by atoms with Crippen LogP contribution >= 0.6 is 0 Å². The van der Waals surface area contributed by atoms with Crippen LogP contribution in [0.15, 0.2) is 12.5 Å². The first-order chi connectivity index (χ1) is 8.16. The number of hydrogen-bond donors (Lipinski definition) is 2. The van der Waals surface area contributed by atoms with E-state index in [-0.39, 0.29) is 11.9 Å². The van der Waals surface area contributed by atoms with Gasteiger partial charge in [0, 0.05) is 24.8 Å². The predicted octanol–water partition coefficient (Wildman–Crippen LogP) is 0.946. The van der Waals surface area contributed by atoms with Crippen molar-refractivity contribution in [1.82, 2.24) is 20.2 Å². The molecule has 1 fully saturated rings. The van der Waals surface area contributed by atoms with Crippen molar-refractivity contribution in [2.75, 3.05) is 13.1 Å². The Hall–Kier alpha value is -1.36. The van der Waals surface area contributed by atoms with Gasteiger partial charge in [-0.25, -0.2) is 4.98 Å². The van der Waals surface area contributed by atoms with Gasteiger partial charge in [-0.1, -0.05) is 0 Å². The van der Waals surface area contributed by atoms with Gasteiger partial charge in [-0.15, -0.1) is 0 Å². The summed E-state index contributed by atoms with van der Waals surface area (Å²) < 4.78 is 2.04. The van der Waals surface area contributed by atoms with Gasteiger partial charge in [0.25, 0.3) is 5.91 Å². The predicted molar refractivity (Wildman–Crippen MR) is 66.0 cm³/mol. The molecule has 5 nitrogen and oxygen atoms in total. The summed E-state index contributed by atoms with van der Waals surface area (Å²) in [5.41, 5.74) is 0.504. The van der Waals surface area contributed by atoms with Crippen LogP contribution in [0.4, 0.5) is 0 Å². The standard InChI is InChI=1S/C12H20N4O/c1-9(2)15-12(17)11-7-16(8-14-11)10-4-3-5-13-6-10/h7-10,13H,3-6H2,1-2H3,(H,15,17). The van der Waals surface area contributed by atoms with Crippen molar-refractivity contribution in [2.24, 2.45) is 0 Å². The highest BCUT2D eigenvalue weighted by molar-refractivity contribution is 5.92. The van der Waals surface area contributed by atoms with E-state index in [0.717, 1.165) is 19.5 Å². The molecule has 1 aromatic heterocycles. The van der Waals surface area contributed by atoms with Gasteiger partial charge in [-0.2, -0.15) is 0 Å². The van der Waals surface area contributed by atoms with Gasteiger partial charge in [-0.3, -0.25) is 4.79 Å². The fourth-order valence-electron chi connectivity index (χ4n) is 2.08. The summed E-state index contributed by atoms with van der Waals surface area (Å²) >= 11 is 0. The van der Waals surface area contributed by atoms with Gasteiger partial charge in [0.05, 0.1) is 6.33 Å². The lowest BCUT2D eigenvalue weighted by atomic mass is 10.1. The normalized spacial score (nSPS) is 20.5. The van der Waals surface area contributed by atoms with E-state index in [0.29, 0.717) is 11.7 Å². The molecule has 1 saturated heterocycles. The Kier molecular flexibility index (Phi) is 3.78. The summed E-state index contributed by atoms with van der Waals surface area (Å²) in [5.74, 6) is -0.0949. The molecule has 1 aromatic rings. The molecule has 0 radical (unpaired) electrons. The highest BCUT2D eigenvalue weighted by atomic mass is 16.1. The molecule has 1 amide bonds. The molecule has 5 heteroatoms. The summed E-state index contributed by atoms with van der Waals surface area (Å²) in [7, 11) is 0. The third-order valence-corrected chi connectivity index (χ3v) is 2.95. The van der Waals surface area contributed by atoms with Gasteiger partial charge >= 0.3 is 0 Å². The maximum atomic E-state index is 11.7. The van der Waals surface area contributed by atoms with Crippen molar-refractivity contribution in [2.45, 2.75) is 38.8 Å². The van der Waals surface area contributed by atoms with Crippen LogP contribution in [0.25, 0.3) is 0 Å². The van der Waals surface area contributed by atoms with Crippen LogP contribution < -0.4 is 10.6 Å². The van der Waals surface area contributed by atoms with Crippen LogP contribution in [0.2, 0.25) is 0 Å². The van der Waals surface area contributed by atoms with Crippen molar-refractivity contribution < 1.29 is 4.79 Å². The molecule has 1 aliphatic heterocycles. The molecule has 1 aliphatic rings. The SMILES string of the molecule is CC(C)NC(=O)c1cn(C2CCCNC2)cn1. The molecule has 1 atom stereocenters. The molecular weight excluding hydrogens is 216 g/mol. The Morgan fingerprint density at radius 3 is 3.12 bits per heavy atom. The van der Waals surface area contributed by atoms with Crippen LogP contribution in [0.5, 0.6) is 0 Å². The number of imidazole rings is 1. The van der Waals surface area contributed by atoms with Crippen LogP contribution in [0, 0.1) is 0 Å². The number of piperidine rings is 1. The Labute approximate surface area is 102 Å². The van der Waals surface area contributed by atoms with E-state index >= 15 is 0 Å². The molecule has 17 heavy (non-hydrogen) atoms. The molecule has 0 bridgehead atoms. The van der Waals surface area contributed by atoms with Crippen LogP contribution in [-0.2, 0) is 0 Å². The lowest BCUT2D eigenvalue weighted by molar-refractivity contribution is 0.0938. The Morgan fingerprint density at radius 1 is 1.65 bits per heavy atom. The summed E-state index contributed by atoms with van der Waals surface area (Å²) in [6.45, 7) is 5.94. The zero-order valence-corrected chi connectivity index (χ0v) is 10.4. The summed E-state index contributed by atoms with van der Waals surface area (Å²) in [5, 5.41) is 6.20. The maximum absolute atomic E-state index is 11.7. The topological polar surface area (TPSA) is 59.0 Å². The van der Waals surface area contributed by atoms with Crippen LogP contribution in [0.3, 0.4) is 0 Å². The highest BCUT2D eigenvalue weighted by Crippen LogP contribution is 2.16. The first-order valence-electron chi connectivity index (χ1n) is 6.22. The number of aromatic nitrogens is 2. The minimum Gasteiger partial charge on any atom is -0.348 e. The molecule has 0 aliphatic carbocycles. The van der Waals surface area contributed by atoms with Crippen molar-refractivity contribution in [3.05, 3.63) is 18.2 Å². The Morgan fingerprint density at radius 2 is 2.47 bits per heavy atom. The third kappa shape index (κ3) is 3.06. The van der Waals surface area contributed by atoms with E-state index in [4.69, 9.17) is 0 Å². The lowest BCUT2D eigenvalue weighted by Gasteiger charge is -2.23. The van der Waals surface area contributed by atoms with E-state index in [1.807, 2.05) is 24.6 Å². The second-order valence-corrected chi connectivity index (χ2v) is 4.83. The minimum atomic E-state index is -0.0949. The second kappa shape index (κ2) is 5.31. The molecular formula is C12H20N4O. The van der Waals surface area contributed by atoms with E-state index in [1.165, 1.54) is 6.42 Å². The van der Waals surface area contributed by atoms with Crippen molar-refractivity contribution in [3.63, 3.8) is 0 Å². The van der Waals surface area contributed by atoms with Gasteiger partial charge in [-0.05, 0) is 33.2 Å². The largest absolute Gasteiger partial charge is 0.348 e. The highest BCUT2D eigenvalue weighted by Gasteiger charge is 2.17. The first kappa shape index (κ1) is 12.1. The number of nitrogens with one attached hydrogen (secondary N) is 2. The van der Waals surface area contributed by atoms with E-state index in [9.17, 15) is 4.79 Å². The fourth-order valence-corrected chi connectivity index (χ4v) is 2.08. The zero-order chi connectivity index (χ0) is 12.3. The monoisotopic (exact) mass is 236 g/mol. The fraction of sp³-hybridized carbons (Fsp3) is 0.667. The lowest BCUT2D eigenvalue weighted by Crippen LogP contribution is -2.31. The Balaban J connectivity index is 2.02. The number of nitrogens with zero attached hydrogens (tertiary/aromatic N) is 2. The van der Waals surface area contributed by atoms with Crippen molar-refractivity contribution in [1.29, 1.82) is 0 Å². The molecule has 0 spiro atoms. The maximum Gasteiger partial charge on any atom is 0.271 e. The summed E-state index contributed by atoms with van der Waals surface area (Å²) in [6.07, 6.45) is 5.92. The average molecular weight is 236 g/mol. The second-order valence-electron chi connectivity index (χ2n) is 4.83. The van der Waals surface area contributed by atoms with Gasteiger partial charge < -0.3 is 15.2 Å². The minimum absolute atomic E-state index is 0.0949. The van der Waals surface area contributed by atoms with Crippen LogP contribution in [-0.4, -0.2) is 34.6 Å². The van der Waals surface area contributed by atoms with Crippen molar-refractivity contribution in [3.8, 4) is 0 Å². The van der Waals surface area contributed by atoms with Gasteiger partial charge in [0.15, 0.2) is 0 Å². The molecule has 94 valence electrons. The van der Waals surface area contributed by atoms with E-state index < -0.39 is 0 Å². The van der Waals surface area contributed by atoms with Crippen molar-refractivity contribution >= 4 is 5.91 Å². The molecule has 2 N–H and O–H groups in total. The molecule has 0 saturated carbocycles. The van der Waals surface area contributed by atoms with Gasteiger partial charge in [0.1, 0.15) is 5.69 Å². The molecule has 1 unspecified atom stereocenters. The number of amides is 1. The first-order valence-corrected chi connectivity index (χ1v) is 6.22. The molecule has 0 aromatic carbocycles. The smallest absolute Gasteiger partial charge is 0.271 e. The third-order valence-electron chi connectivity index (χ3n) is 2.95. The number of carbonyl (C=O) groups is 1. The average Bonchev–Trinajstić information content (AvgIpc) is 2.78. The number of carbonyl (C=O) groups excluding carboxylic acids is 1. The number of rotatable bonds is 3. The number of hydrogen-bond acceptors (Lipinski definition) is 3. The molecule has 2 heterocycles. The van der Waals surface area contributed by atoms with E-state index in [2.05, 4.69) is 15.6 Å². The summed E-state index contributed by atoms with van der Waals surface area (Å²) in [6, 6.07) is 0.570. The molecule has 2 rings (SSSR count). The zero-order valence-electron chi connectivity index (χ0n) is 10.4. The van der Waals surface area contributed by atoms with E-state index in [1.54, 1.807) is 6.33 Å². The Bertz CT molecular complexity index is 380.